The molecule has 0 aromatic heterocycles. The van der Waals surface area contributed by atoms with Gasteiger partial charge in [-0.15, -0.1) is 0 Å². The molecule has 0 aliphatic carbocycles. The van der Waals surface area contributed by atoms with Crippen LogP contribution in [0.2, 0.25) is 0 Å². The maximum Gasteiger partial charge on any atom is 0.255 e. The average molecular weight is 300 g/mol. The van der Waals surface area contributed by atoms with E-state index in [4.69, 9.17) is 4.74 Å². The molecule has 6 heteroatoms. The Morgan fingerprint density at radius 3 is 2.91 bits per heavy atom. The van der Waals surface area contributed by atoms with Gasteiger partial charge in [-0.25, -0.2) is 4.39 Å². The molecule has 1 aliphatic heterocycles. The van der Waals surface area contributed by atoms with E-state index in [9.17, 15) is 14.0 Å². The van der Waals surface area contributed by atoms with E-state index in [0.29, 0.717) is 29.3 Å². The van der Waals surface area contributed by atoms with Crippen molar-refractivity contribution in [2.45, 2.75) is 6.42 Å². The van der Waals surface area contributed by atoms with Crippen LogP contribution in [0.5, 0.6) is 5.75 Å². The van der Waals surface area contributed by atoms with E-state index in [1.54, 1.807) is 18.2 Å². The van der Waals surface area contributed by atoms with Gasteiger partial charge in [-0.2, -0.15) is 0 Å². The van der Waals surface area contributed by atoms with E-state index < -0.39 is 11.7 Å². The zero-order valence-corrected chi connectivity index (χ0v) is 11.6. The van der Waals surface area contributed by atoms with Crippen molar-refractivity contribution in [2.24, 2.45) is 0 Å². The lowest BCUT2D eigenvalue weighted by atomic mass is 10.1. The van der Waals surface area contributed by atoms with Crippen molar-refractivity contribution in [1.82, 2.24) is 0 Å². The van der Waals surface area contributed by atoms with Gasteiger partial charge in [0.1, 0.15) is 11.6 Å². The van der Waals surface area contributed by atoms with Crippen LogP contribution >= 0.6 is 0 Å². The fraction of sp³-hybridized carbons (Fsp3) is 0.125. The monoisotopic (exact) mass is 300 g/mol. The summed E-state index contributed by atoms with van der Waals surface area (Å²) in [5, 5.41) is 5.29. The second-order valence-corrected chi connectivity index (χ2v) is 4.82. The summed E-state index contributed by atoms with van der Waals surface area (Å²) in [4.78, 5) is 23.7. The summed E-state index contributed by atoms with van der Waals surface area (Å²) in [5.74, 6) is -0.470. The van der Waals surface area contributed by atoms with E-state index in [1.807, 2.05) is 0 Å². The molecule has 1 heterocycles. The van der Waals surface area contributed by atoms with Crippen LogP contribution in [0.1, 0.15) is 16.8 Å². The molecular formula is C16H13FN2O3. The van der Waals surface area contributed by atoms with Gasteiger partial charge >= 0.3 is 0 Å². The highest BCUT2D eigenvalue weighted by Gasteiger charge is 2.16. The molecule has 0 saturated heterocycles. The van der Waals surface area contributed by atoms with Crippen LogP contribution < -0.4 is 15.4 Å². The second-order valence-electron chi connectivity index (χ2n) is 4.82. The molecule has 0 bridgehead atoms. The van der Waals surface area contributed by atoms with Crippen molar-refractivity contribution < 1.29 is 18.7 Å². The lowest BCUT2D eigenvalue weighted by Gasteiger charge is -2.10. The Morgan fingerprint density at radius 1 is 1.23 bits per heavy atom. The summed E-state index contributed by atoms with van der Waals surface area (Å²) >= 11 is 0. The second kappa shape index (κ2) is 5.85. The maximum absolute atomic E-state index is 13.1. The molecule has 112 valence electrons. The first-order chi connectivity index (χ1) is 10.6. The smallest absolute Gasteiger partial charge is 0.255 e. The van der Waals surface area contributed by atoms with Gasteiger partial charge in [0.25, 0.3) is 5.91 Å². The maximum atomic E-state index is 13.1. The predicted molar refractivity (Wildman–Crippen MR) is 79.5 cm³/mol. The van der Waals surface area contributed by atoms with Gasteiger partial charge in [-0.3, -0.25) is 9.59 Å². The molecule has 2 aromatic carbocycles. The van der Waals surface area contributed by atoms with Gasteiger partial charge in [0.2, 0.25) is 5.91 Å². The topological polar surface area (TPSA) is 67.4 Å². The lowest BCUT2D eigenvalue weighted by Crippen LogP contribution is -2.13. The van der Waals surface area contributed by atoms with Crippen LogP contribution in [0.4, 0.5) is 15.8 Å². The Hall–Kier alpha value is -2.89. The largest absolute Gasteiger partial charge is 0.491 e. The van der Waals surface area contributed by atoms with E-state index in [0.717, 1.165) is 0 Å². The van der Waals surface area contributed by atoms with Crippen molar-refractivity contribution >= 4 is 23.2 Å². The Bertz CT molecular complexity index is 746. The highest BCUT2D eigenvalue weighted by Crippen LogP contribution is 2.28. The fourth-order valence-corrected chi connectivity index (χ4v) is 2.13. The standard InChI is InChI=1S/C16H13FN2O3/c17-11-2-1-3-12(9-11)18-16(21)10-4-5-14-13(8-10)19-15(20)6-7-22-14/h1-5,8-9H,6-7H2,(H,18,21)(H,19,20). The number of ether oxygens (including phenoxy) is 1. The minimum Gasteiger partial charge on any atom is -0.491 e. The van der Waals surface area contributed by atoms with Crippen LogP contribution in [0, 0.1) is 5.82 Å². The minimum atomic E-state index is -0.430. The third-order valence-electron chi connectivity index (χ3n) is 3.19. The first-order valence-corrected chi connectivity index (χ1v) is 6.75. The molecule has 0 radical (unpaired) electrons. The Balaban J connectivity index is 1.83. The normalized spacial score (nSPS) is 13.4. The van der Waals surface area contributed by atoms with Crippen LogP contribution in [0.25, 0.3) is 0 Å². The van der Waals surface area contributed by atoms with Gasteiger partial charge in [-0.05, 0) is 36.4 Å². The number of fused-ring (bicyclic) bond motifs is 1. The van der Waals surface area contributed by atoms with Gasteiger partial charge in [0, 0.05) is 11.3 Å². The van der Waals surface area contributed by atoms with Gasteiger partial charge in [0.15, 0.2) is 0 Å². The van der Waals surface area contributed by atoms with Gasteiger partial charge < -0.3 is 15.4 Å². The molecule has 5 nitrogen and oxygen atoms in total. The zero-order valence-electron chi connectivity index (χ0n) is 11.6. The first-order valence-electron chi connectivity index (χ1n) is 6.75. The highest BCUT2D eigenvalue weighted by molar-refractivity contribution is 6.05. The number of benzene rings is 2. The quantitative estimate of drug-likeness (QED) is 0.896. The molecule has 3 rings (SSSR count). The SMILES string of the molecule is O=C1CCOc2ccc(C(=O)Nc3cccc(F)c3)cc2N1. The van der Waals surface area contributed by atoms with Crippen LogP contribution in [0.3, 0.4) is 0 Å². The first kappa shape index (κ1) is 14.1. The third kappa shape index (κ3) is 3.06. The molecule has 0 saturated carbocycles. The third-order valence-corrected chi connectivity index (χ3v) is 3.19. The van der Waals surface area contributed by atoms with Crippen molar-refractivity contribution in [1.29, 1.82) is 0 Å². The molecule has 0 spiro atoms. The number of carbonyl (C=O) groups is 2. The molecular weight excluding hydrogens is 287 g/mol. The Kier molecular flexibility index (Phi) is 3.74. The number of halogens is 1. The van der Waals surface area contributed by atoms with E-state index in [1.165, 1.54) is 24.3 Å². The summed E-state index contributed by atoms with van der Waals surface area (Å²) in [6, 6.07) is 10.4. The Labute approximate surface area is 126 Å². The van der Waals surface area contributed by atoms with Crippen molar-refractivity contribution in [3.05, 3.63) is 53.8 Å². The number of hydrogen-bond donors (Lipinski definition) is 2. The molecule has 0 atom stereocenters. The van der Waals surface area contributed by atoms with Crippen LogP contribution in [0.15, 0.2) is 42.5 Å². The molecule has 2 amide bonds. The van der Waals surface area contributed by atoms with Crippen LogP contribution in [-0.2, 0) is 4.79 Å². The molecule has 0 fully saturated rings. The fourth-order valence-electron chi connectivity index (χ4n) is 2.13. The highest BCUT2D eigenvalue weighted by atomic mass is 19.1. The van der Waals surface area contributed by atoms with Gasteiger partial charge in [-0.1, -0.05) is 6.07 Å². The predicted octanol–water partition coefficient (Wildman–Crippen LogP) is 2.80. The van der Waals surface area contributed by atoms with E-state index >= 15 is 0 Å². The summed E-state index contributed by atoms with van der Waals surface area (Å²) in [6.07, 6.45) is 0.263. The van der Waals surface area contributed by atoms with Gasteiger partial charge in [0.05, 0.1) is 18.7 Å². The molecule has 1 aliphatic rings. The van der Waals surface area contributed by atoms with E-state index in [-0.39, 0.29) is 12.3 Å². The number of carbonyl (C=O) groups excluding carboxylic acids is 2. The van der Waals surface area contributed by atoms with Crippen molar-refractivity contribution in [3.8, 4) is 5.75 Å². The minimum absolute atomic E-state index is 0.165. The summed E-state index contributed by atoms with van der Waals surface area (Å²) in [6.45, 7) is 0.299. The van der Waals surface area contributed by atoms with Crippen molar-refractivity contribution in [2.75, 3.05) is 17.2 Å². The summed E-state index contributed by atoms with van der Waals surface area (Å²) in [5.41, 5.74) is 1.16. The number of rotatable bonds is 2. The van der Waals surface area contributed by atoms with Crippen molar-refractivity contribution in [3.63, 3.8) is 0 Å². The number of nitrogens with one attached hydrogen (secondary N) is 2. The molecule has 0 unspecified atom stereocenters. The molecule has 22 heavy (non-hydrogen) atoms. The zero-order chi connectivity index (χ0) is 15.5. The average Bonchev–Trinajstić information content (AvgIpc) is 2.67. The molecule has 2 aromatic rings. The Morgan fingerprint density at radius 2 is 2.09 bits per heavy atom. The summed E-state index contributed by atoms with van der Waals surface area (Å²) in [7, 11) is 0. The summed E-state index contributed by atoms with van der Waals surface area (Å²) < 4.78 is 18.5. The molecule has 2 N–H and O–H groups in total. The lowest BCUT2D eigenvalue weighted by molar-refractivity contribution is -0.116. The number of anilines is 2. The number of amides is 2. The van der Waals surface area contributed by atoms with Crippen LogP contribution in [-0.4, -0.2) is 18.4 Å². The van der Waals surface area contributed by atoms with E-state index in [2.05, 4.69) is 10.6 Å². The number of hydrogen-bond acceptors (Lipinski definition) is 3.